The standard InChI is InChI=1S/C22H24F3NO3S/c23-22(24,25)20-9-5-4-8-19(20)15-30(28,29)16-21(27)26-12-10-18(11-13-26)14-17-6-2-1-3-7-17/h1-9,18H,10-16H2. The van der Waals surface area contributed by atoms with Crippen molar-refractivity contribution in [2.45, 2.75) is 31.2 Å². The van der Waals surface area contributed by atoms with Crippen LogP contribution in [0.1, 0.15) is 29.5 Å². The number of carbonyl (C=O) groups is 1. The Labute approximate surface area is 174 Å². The average molecular weight is 439 g/mol. The number of sulfone groups is 1. The molecule has 1 saturated heterocycles. The second kappa shape index (κ2) is 9.20. The number of carbonyl (C=O) groups excluding carboxylic acids is 1. The maximum absolute atomic E-state index is 13.1. The molecule has 0 bridgehead atoms. The van der Waals surface area contributed by atoms with Gasteiger partial charge in [-0.2, -0.15) is 13.2 Å². The summed E-state index contributed by atoms with van der Waals surface area (Å²) < 4.78 is 64.1. The van der Waals surface area contributed by atoms with Gasteiger partial charge in [-0.15, -0.1) is 0 Å². The van der Waals surface area contributed by atoms with Crippen molar-refractivity contribution in [1.82, 2.24) is 4.90 Å². The van der Waals surface area contributed by atoms with E-state index < -0.39 is 39.0 Å². The third kappa shape index (κ3) is 6.08. The van der Waals surface area contributed by atoms with E-state index in [0.29, 0.717) is 19.0 Å². The lowest BCUT2D eigenvalue weighted by atomic mass is 9.90. The Morgan fingerprint density at radius 3 is 2.20 bits per heavy atom. The fraction of sp³-hybridized carbons (Fsp3) is 0.409. The summed E-state index contributed by atoms with van der Waals surface area (Å²) in [5.74, 6) is -1.70. The van der Waals surface area contributed by atoms with E-state index in [4.69, 9.17) is 0 Å². The topological polar surface area (TPSA) is 54.5 Å². The minimum absolute atomic E-state index is 0.334. The Balaban J connectivity index is 1.56. The Morgan fingerprint density at radius 1 is 0.967 bits per heavy atom. The van der Waals surface area contributed by atoms with Gasteiger partial charge in [0.25, 0.3) is 0 Å². The van der Waals surface area contributed by atoms with Crippen LogP contribution in [0.15, 0.2) is 54.6 Å². The second-order valence-electron chi connectivity index (χ2n) is 7.70. The molecule has 162 valence electrons. The molecule has 1 heterocycles. The Kier molecular flexibility index (Phi) is 6.85. The minimum atomic E-state index is -4.64. The number of hydrogen-bond donors (Lipinski definition) is 0. The maximum Gasteiger partial charge on any atom is 0.416 e. The van der Waals surface area contributed by atoms with Gasteiger partial charge in [-0.05, 0) is 42.4 Å². The highest BCUT2D eigenvalue weighted by Gasteiger charge is 2.34. The third-order valence-electron chi connectivity index (χ3n) is 5.38. The van der Waals surface area contributed by atoms with Crippen LogP contribution in [0.2, 0.25) is 0 Å². The van der Waals surface area contributed by atoms with Crippen molar-refractivity contribution in [2.24, 2.45) is 5.92 Å². The number of amides is 1. The van der Waals surface area contributed by atoms with Crippen molar-refractivity contribution in [3.05, 3.63) is 71.3 Å². The highest BCUT2D eigenvalue weighted by atomic mass is 32.2. The summed E-state index contributed by atoms with van der Waals surface area (Å²) in [5, 5.41) is 0. The number of piperidine rings is 1. The predicted octanol–water partition coefficient (Wildman–Crippen LogP) is 4.10. The summed E-state index contributed by atoms with van der Waals surface area (Å²) in [5.41, 5.74) is -0.0877. The molecule has 0 radical (unpaired) electrons. The third-order valence-corrected chi connectivity index (χ3v) is 6.81. The Hall–Kier alpha value is -2.35. The summed E-state index contributed by atoms with van der Waals surface area (Å²) >= 11 is 0. The van der Waals surface area contributed by atoms with Gasteiger partial charge in [0.15, 0.2) is 9.84 Å². The number of halogens is 3. The molecular formula is C22H24F3NO3S. The average Bonchev–Trinajstić information content (AvgIpc) is 2.68. The molecule has 0 unspecified atom stereocenters. The molecule has 1 aliphatic heterocycles. The summed E-state index contributed by atoms with van der Waals surface area (Å²) in [6, 6.07) is 14.6. The molecule has 0 atom stereocenters. The van der Waals surface area contributed by atoms with Crippen LogP contribution in [0.5, 0.6) is 0 Å². The molecule has 2 aromatic carbocycles. The van der Waals surface area contributed by atoms with Gasteiger partial charge in [-0.3, -0.25) is 4.79 Å². The summed E-state index contributed by atoms with van der Waals surface area (Å²) in [6.07, 6.45) is -2.18. The van der Waals surface area contributed by atoms with Gasteiger partial charge >= 0.3 is 6.18 Å². The summed E-state index contributed by atoms with van der Waals surface area (Å²) in [6.45, 7) is 0.927. The number of hydrogen-bond acceptors (Lipinski definition) is 3. The fourth-order valence-corrected chi connectivity index (χ4v) is 5.21. The van der Waals surface area contributed by atoms with Gasteiger partial charge in [-0.1, -0.05) is 48.5 Å². The molecule has 30 heavy (non-hydrogen) atoms. The van der Waals surface area contributed by atoms with Gasteiger partial charge < -0.3 is 4.90 Å². The first-order chi connectivity index (χ1) is 14.1. The largest absolute Gasteiger partial charge is 0.416 e. The van der Waals surface area contributed by atoms with E-state index in [0.717, 1.165) is 31.4 Å². The molecule has 8 heteroatoms. The zero-order valence-electron chi connectivity index (χ0n) is 16.4. The van der Waals surface area contributed by atoms with Crippen molar-refractivity contribution in [1.29, 1.82) is 0 Å². The molecule has 0 saturated carbocycles. The minimum Gasteiger partial charge on any atom is -0.342 e. The van der Waals surface area contributed by atoms with Crippen LogP contribution in [0.25, 0.3) is 0 Å². The Morgan fingerprint density at radius 2 is 1.57 bits per heavy atom. The molecular weight excluding hydrogens is 415 g/mol. The van der Waals surface area contributed by atoms with Crippen LogP contribution in [-0.2, 0) is 33.0 Å². The first kappa shape index (κ1) is 22.3. The van der Waals surface area contributed by atoms with Crippen LogP contribution in [0.4, 0.5) is 13.2 Å². The zero-order valence-corrected chi connectivity index (χ0v) is 17.3. The number of rotatable bonds is 6. The molecule has 4 nitrogen and oxygen atoms in total. The van der Waals surface area contributed by atoms with E-state index in [-0.39, 0.29) is 5.56 Å². The maximum atomic E-state index is 13.1. The van der Waals surface area contributed by atoms with E-state index in [1.165, 1.54) is 22.6 Å². The molecule has 0 aliphatic carbocycles. The van der Waals surface area contributed by atoms with E-state index in [1.54, 1.807) is 0 Å². The number of benzene rings is 2. The summed E-state index contributed by atoms with van der Waals surface area (Å²) in [4.78, 5) is 14.0. The Bertz CT molecular complexity index is 967. The highest BCUT2D eigenvalue weighted by Crippen LogP contribution is 2.32. The lowest BCUT2D eigenvalue weighted by Crippen LogP contribution is -2.42. The van der Waals surface area contributed by atoms with Gasteiger partial charge in [-0.25, -0.2) is 8.42 Å². The van der Waals surface area contributed by atoms with Crippen molar-refractivity contribution in [3.8, 4) is 0 Å². The van der Waals surface area contributed by atoms with E-state index in [9.17, 15) is 26.4 Å². The van der Waals surface area contributed by atoms with Gasteiger partial charge in [0, 0.05) is 13.1 Å². The van der Waals surface area contributed by atoms with Crippen LogP contribution >= 0.6 is 0 Å². The predicted molar refractivity (Wildman–Crippen MR) is 108 cm³/mol. The van der Waals surface area contributed by atoms with Crippen LogP contribution < -0.4 is 0 Å². The number of alkyl halides is 3. The van der Waals surface area contributed by atoms with Crippen LogP contribution in [0.3, 0.4) is 0 Å². The molecule has 0 N–H and O–H groups in total. The molecule has 2 aromatic rings. The van der Waals surface area contributed by atoms with Crippen molar-refractivity contribution in [2.75, 3.05) is 18.8 Å². The molecule has 0 spiro atoms. The monoisotopic (exact) mass is 439 g/mol. The van der Waals surface area contributed by atoms with E-state index in [1.807, 2.05) is 18.2 Å². The fourth-order valence-electron chi connectivity index (χ4n) is 3.82. The SMILES string of the molecule is O=C(CS(=O)(=O)Cc1ccccc1C(F)(F)F)N1CCC(Cc2ccccc2)CC1. The highest BCUT2D eigenvalue weighted by molar-refractivity contribution is 7.91. The lowest BCUT2D eigenvalue weighted by Gasteiger charge is -2.32. The van der Waals surface area contributed by atoms with Crippen LogP contribution in [0, 0.1) is 5.92 Å². The first-order valence-electron chi connectivity index (χ1n) is 9.81. The first-order valence-corrected chi connectivity index (χ1v) is 11.6. The summed E-state index contributed by atoms with van der Waals surface area (Å²) in [7, 11) is -4.02. The van der Waals surface area contributed by atoms with Gasteiger partial charge in [0.05, 0.1) is 11.3 Å². The lowest BCUT2D eigenvalue weighted by molar-refractivity contribution is -0.138. The number of nitrogens with zero attached hydrogens (tertiary/aromatic N) is 1. The molecule has 1 amide bonds. The normalized spacial score (nSPS) is 15.9. The second-order valence-corrected chi connectivity index (χ2v) is 9.77. The van der Waals surface area contributed by atoms with Gasteiger partial charge in [0.2, 0.25) is 5.91 Å². The molecule has 0 aromatic heterocycles. The smallest absolute Gasteiger partial charge is 0.342 e. The van der Waals surface area contributed by atoms with Crippen molar-refractivity contribution >= 4 is 15.7 Å². The molecule has 3 rings (SSSR count). The van der Waals surface area contributed by atoms with Crippen molar-refractivity contribution in [3.63, 3.8) is 0 Å². The number of likely N-dealkylation sites (tertiary alicyclic amines) is 1. The molecule has 1 fully saturated rings. The quantitative estimate of drug-likeness (QED) is 0.681. The molecule has 1 aliphatic rings. The zero-order chi connectivity index (χ0) is 21.8. The van der Waals surface area contributed by atoms with Crippen LogP contribution in [-0.4, -0.2) is 38.1 Å². The van der Waals surface area contributed by atoms with E-state index in [2.05, 4.69) is 12.1 Å². The van der Waals surface area contributed by atoms with Crippen molar-refractivity contribution < 1.29 is 26.4 Å². The van der Waals surface area contributed by atoms with E-state index >= 15 is 0 Å². The van der Waals surface area contributed by atoms with Gasteiger partial charge in [0.1, 0.15) is 5.75 Å².